The number of carbonyl (C=O) groups is 6. The summed E-state index contributed by atoms with van der Waals surface area (Å²) in [5.74, 6) is -9.28. The van der Waals surface area contributed by atoms with Crippen LogP contribution in [0, 0.1) is 0 Å². The van der Waals surface area contributed by atoms with Crippen LogP contribution in [0.25, 0.3) is 0 Å². The first kappa shape index (κ1) is 34.4. The van der Waals surface area contributed by atoms with Gasteiger partial charge in [0.15, 0.2) is 0 Å². The number of hydrogen-bond donors (Lipinski definition) is 0. The van der Waals surface area contributed by atoms with Gasteiger partial charge in [-0.2, -0.15) is 0 Å². The Labute approximate surface area is 165 Å². The molecule has 0 bridgehead atoms. The summed E-state index contributed by atoms with van der Waals surface area (Å²) in [7, 11) is 0. The molecule has 0 unspecified atom stereocenters. The van der Waals surface area contributed by atoms with Gasteiger partial charge in [-0.3, -0.25) is 0 Å². The van der Waals surface area contributed by atoms with Gasteiger partial charge in [-0.05, 0) is 36.5 Å². The summed E-state index contributed by atoms with van der Waals surface area (Å²) < 4.78 is 0. The van der Waals surface area contributed by atoms with Gasteiger partial charge in [-0.25, -0.2) is 0 Å². The van der Waals surface area contributed by atoms with Crippen LogP contribution in [0.1, 0.15) is 0 Å². The molecule has 26 heavy (non-hydrogen) atoms. The summed E-state index contributed by atoms with van der Waals surface area (Å²) >= 11 is 0. The normalized spacial score (nSPS) is 8.77. The third-order valence-electron chi connectivity index (χ3n) is 1.07. The van der Waals surface area contributed by atoms with E-state index in [2.05, 4.69) is 0 Å². The first-order valence-electron chi connectivity index (χ1n) is 5.18. The molecule has 0 atom stereocenters. The van der Waals surface area contributed by atoms with Crippen LogP contribution in [0.2, 0.25) is 0 Å². The molecule has 0 radical (unpaired) electrons. The van der Waals surface area contributed by atoms with Crippen molar-refractivity contribution in [3.05, 3.63) is 36.5 Å². The molecule has 0 aromatic carbocycles. The zero-order chi connectivity index (χ0) is 19.7. The molecule has 14 heteroatoms. The molecule has 0 aliphatic carbocycles. The summed E-state index contributed by atoms with van der Waals surface area (Å²) in [4.78, 5) is 56.5. The topological polar surface area (TPSA) is 241 Å². The Morgan fingerprint density at radius 3 is 0.462 bits per heavy atom. The SMILES string of the molecule is O=C([O-])/C=C\C(=O)[O-].O=C([O-])/C=C\C(=O)[O-].O=C([O-])/C=C\C(=O)[O-].[Co+3].[Co+3]. The van der Waals surface area contributed by atoms with Crippen molar-refractivity contribution in [3.8, 4) is 0 Å². The summed E-state index contributed by atoms with van der Waals surface area (Å²) in [5, 5.41) is 56.5. The van der Waals surface area contributed by atoms with Crippen molar-refractivity contribution in [3.63, 3.8) is 0 Å². The van der Waals surface area contributed by atoms with Gasteiger partial charge in [0.05, 0.1) is 35.8 Å². The van der Waals surface area contributed by atoms with Crippen molar-refractivity contribution in [2.75, 3.05) is 0 Å². The van der Waals surface area contributed by atoms with Gasteiger partial charge in [-0.1, -0.05) is 0 Å². The number of hydrogen-bond acceptors (Lipinski definition) is 12. The van der Waals surface area contributed by atoms with E-state index < -0.39 is 35.8 Å². The molecule has 0 aromatic heterocycles. The molecule has 0 fully saturated rings. The Bertz CT molecular complexity index is 448. The van der Waals surface area contributed by atoms with Crippen LogP contribution in [-0.4, -0.2) is 35.8 Å². The quantitative estimate of drug-likeness (QED) is 0.336. The minimum atomic E-state index is -1.55. The Hall–Kier alpha value is -2.95. The second kappa shape index (κ2) is 22.1. The summed E-state index contributed by atoms with van der Waals surface area (Å²) in [6.07, 6.45) is 2.31. The van der Waals surface area contributed by atoms with Crippen molar-refractivity contribution in [2.24, 2.45) is 0 Å². The second-order valence-corrected chi connectivity index (χ2v) is 2.91. The number of carboxylic acid groups (broad SMARTS) is 6. The predicted molar refractivity (Wildman–Crippen MR) is 57.5 cm³/mol. The number of aliphatic carboxylic acids is 6. The van der Waals surface area contributed by atoms with E-state index in [0.717, 1.165) is 0 Å². The number of rotatable bonds is 6. The number of carbonyl (C=O) groups excluding carboxylic acids is 6. The smallest absolute Gasteiger partial charge is 0.545 e. The molecule has 0 aromatic rings. The molecule has 0 N–H and O–H groups in total. The Morgan fingerprint density at radius 1 is 0.346 bits per heavy atom. The van der Waals surface area contributed by atoms with Crippen LogP contribution in [0.5, 0.6) is 0 Å². The van der Waals surface area contributed by atoms with E-state index in [4.69, 9.17) is 0 Å². The van der Waals surface area contributed by atoms with E-state index >= 15 is 0 Å². The minimum absolute atomic E-state index is 0. The Kier molecular flexibility index (Phi) is 29.2. The van der Waals surface area contributed by atoms with Crippen LogP contribution in [0.3, 0.4) is 0 Å². The fraction of sp³-hybridized carbons (Fsp3) is 0. The standard InChI is InChI=1S/3C4H4O4.2Co/c3*5-3(6)1-2-4(7)8;;/h3*1-2H,(H,5,6)(H,7,8);;/q;;;2*+3/p-6/b3*2-1-;;. The average molecular weight is 460 g/mol. The van der Waals surface area contributed by atoms with Crippen molar-refractivity contribution in [2.45, 2.75) is 0 Å². The van der Waals surface area contributed by atoms with E-state index in [-0.39, 0.29) is 33.6 Å². The van der Waals surface area contributed by atoms with Crippen LogP contribution >= 0.6 is 0 Å². The maximum Gasteiger partial charge on any atom is 3.00 e. The fourth-order valence-corrected chi connectivity index (χ4v) is 0.408. The molecule has 12 nitrogen and oxygen atoms in total. The second-order valence-electron chi connectivity index (χ2n) is 2.91. The van der Waals surface area contributed by atoms with E-state index in [0.29, 0.717) is 36.5 Å². The molecule has 0 aliphatic heterocycles. The van der Waals surface area contributed by atoms with Gasteiger partial charge in [0.2, 0.25) is 0 Å². The summed E-state index contributed by atoms with van der Waals surface area (Å²) in [6.45, 7) is 0. The monoisotopic (exact) mass is 460 g/mol. The van der Waals surface area contributed by atoms with E-state index in [1.807, 2.05) is 0 Å². The maximum atomic E-state index is 9.41. The molecule has 0 saturated carbocycles. The Balaban J connectivity index is -0.0000000817. The largest absolute Gasteiger partial charge is 3.00 e. The maximum absolute atomic E-state index is 9.41. The molecule has 0 spiro atoms. The zero-order valence-electron chi connectivity index (χ0n) is 12.0. The van der Waals surface area contributed by atoms with Gasteiger partial charge in [0, 0.05) is 0 Å². The molecule has 0 heterocycles. The summed E-state index contributed by atoms with van der Waals surface area (Å²) in [5.41, 5.74) is 0. The van der Waals surface area contributed by atoms with E-state index in [9.17, 15) is 59.4 Å². The van der Waals surface area contributed by atoms with Crippen molar-refractivity contribution < 1.29 is 93.0 Å². The first-order chi connectivity index (χ1) is 10.9. The van der Waals surface area contributed by atoms with Gasteiger partial charge >= 0.3 is 33.6 Å². The first-order valence-corrected chi connectivity index (χ1v) is 5.18. The van der Waals surface area contributed by atoms with E-state index in [1.165, 1.54) is 0 Å². The van der Waals surface area contributed by atoms with Crippen molar-refractivity contribution >= 4 is 35.8 Å². The molecular formula is C12H6Co2O12. The molecular weight excluding hydrogens is 454 g/mol. The summed E-state index contributed by atoms with van der Waals surface area (Å²) in [6, 6.07) is 0. The average Bonchev–Trinajstić information content (AvgIpc) is 2.42. The number of carboxylic acids is 6. The minimum Gasteiger partial charge on any atom is -0.545 e. The van der Waals surface area contributed by atoms with Crippen molar-refractivity contribution in [1.82, 2.24) is 0 Å². The third kappa shape index (κ3) is 58.3. The van der Waals surface area contributed by atoms with Crippen molar-refractivity contribution in [1.29, 1.82) is 0 Å². The van der Waals surface area contributed by atoms with E-state index in [1.54, 1.807) is 0 Å². The Morgan fingerprint density at radius 2 is 0.423 bits per heavy atom. The molecule has 0 aliphatic rings. The van der Waals surface area contributed by atoms with Gasteiger partial charge in [0.1, 0.15) is 0 Å². The van der Waals surface area contributed by atoms with Crippen LogP contribution in [0.15, 0.2) is 36.5 Å². The van der Waals surface area contributed by atoms with Crippen LogP contribution in [-0.2, 0) is 62.3 Å². The molecule has 0 amide bonds. The fourth-order valence-electron chi connectivity index (χ4n) is 0.408. The van der Waals surface area contributed by atoms with Gasteiger partial charge in [0.25, 0.3) is 0 Å². The predicted octanol–water partition coefficient (Wildman–Crippen LogP) is -8.88. The van der Waals surface area contributed by atoms with Gasteiger partial charge in [-0.15, -0.1) is 0 Å². The molecule has 0 rings (SSSR count). The zero-order valence-corrected chi connectivity index (χ0v) is 14.1. The molecule has 0 saturated heterocycles. The van der Waals surface area contributed by atoms with Crippen LogP contribution in [0.4, 0.5) is 0 Å². The van der Waals surface area contributed by atoms with Gasteiger partial charge < -0.3 is 59.4 Å². The molecule has 144 valence electrons. The third-order valence-corrected chi connectivity index (χ3v) is 1.07. The van der Waals surface area contributed by atoms with Crippen LogP contribution < -0.4 is 30.6 Å².